The van der Waals surface area contributed by atoms with Crippen LogP contribution in [0.15, 0.2) is 18.2 Å². The molecule has 0 radical (unpaired) electrons. The van der Waals surface area contributed by atoms with E-state index in [-0.39, 0.29) is 0 Å². The highest BCUT2D eigenvalue weighted by Crippen LogP contribution is 2.34. The molecule has 0 aliphatic carbocycles. The maximum Gasteiger partial charge on any atom is 0.0373 e. The molecule has 2 aliphatic rings. The Labute approximate surface area is 117 Å². The van der Waals surface area contributed by atoms with Gasteiger partial charge in [-0.2, -0.15) is 0 Å². The number of nitrogens with zero attached hydrogens (tertiary/aromatic N) is 1. The highest BCUT2D eigenvalue weighted by molar-refractivity contribution is 5.56. The van der Waals surface area contributed by atoms with E-state index < -0.39 is 0 Å². The molecule has 1 aromatic rings. The Hall–Kier alpha value is -1.02. The quantitative estimate of drug-likeness (QED) is 0.890. The molecule has 19 heavy (non-hydrogen) atoms. The summed E-state index contributed by atoms with van der Waals surface area (Å²) in [6.07, 6.45) is 5.23. The molecule has 1 aromatic carbocycles. The molecule has 2 heteroatoms. The molecule has 3 rings (SSSR count). The van der Waals surface area contributed by atoms with E-state index in [0.29, 0.717) is 5.41 Å². The van der Waals surface area contributed by atoms with E-state index in [1.54, 1.807) is 0 Å². The summed E-state index contributed by atoms with van der Waals surface area (Å²) in [6, 6.07) is 6.96. The fourth-order valence-electron chi connectivity index (χ4n) is 3.32. The Balaban J connectivity index is 1.61. The Bertz CT molecular complexity index is 445. The minimum atomic E-state index is 0.596. The van der Waals surface area contributed by atoms with Gasteiger partial charge in [0.05, 0.1) is 0 Å². The summed E-state index contributed by atoms with van der Waals surface area (Å²) in [5, 5.41) is 3.44. The number of fused-ring (bicyclic) bond motifs is 1. The second-order valence-corrected chi connectivity index (χ2v) is 6.61. The van der Waals surface area contributed by atoms with Gasteiger partial charge in [0, 0.05) is 18.8 Å². The molecule has 2 nitrogen and oxygen atoms in total. The molecule has 2 aliphatic heterocycles. The number of hydrogen-bond donors (Lipinski definition) is 1. The van der Waals surface area contributed by atoms with Crippen LogP contribution in [0.3, 0.4) is 0 Å². The number of piperidine rings is 1. The lowest BCUT2D eigenvalue weighted by Crippen LogP contribution is -2.37. The normalized spacial score (nSPS) is 22.0. The second kappa shape index (κ2) is 5.16. The lowest BCUT2D eigenvalue weighted by molar-refractivity contribution is 0.109. The van der Waals surface area contributed by atoms with E-state index in [2.05, 4.69) is 42.3 Å². The SMILES string of the molecule is CCC1(C)CCN(Cc2ccc3c(c2)CCN3)CC1. The van der Waals surface area contributed by atoms with Crippen molar-refractivity contribution in [1.29, 1.82) is 0 Å². The molecule has 104 valence electrons. The van der Waals surface area contributed by atoms with Crippen LogP contribution in [-0.4, -0.2) is 24.5 Å². The summed E-state index contributed by atoms with van der Waals surface area (Å²) < 4.78 is 0. The van der Waals surface area contributed by atoms with Crippen LogP contribution in [0.25, 0.3) is 0 Å². The van der Waals surface area contributed by atoms with E-state index in [1.807, 2.05) is 0 Å². The topological polar surface area (TPSA) is 15.3 Å². The molecule has 0 saturated carbocycles. The minimum absolute atomic E-state index is 0.596. The molecule has 1 fully saturated rings. The fraction of sp³-hybridized carbons (Fsp3) is 0.647. The fourth-order valence-corrected chi connectivity index (χ4v) is 3.32. The summed E-state index contributed by atoms with van der Waals surface area (Å²) in [5.74, 6) is 0. The van der Waals surface area contributed by atoms with Gasteiger partial charge < -0.3 is 5.32 Å². The largest absolute Gasteiger partial charge is 0.384 e. The molecule has 0 spiro atoms. The number of hydrogen-bond acceptors (Lipinski definition) is 2. The van der Waals surface area contributed by atoms with Crippen LogP contribution in [0.4, 0.5) is 5.69 Å². The zero-order valence-corrected chi connectivity index (χ0v) is 12.3. The van der Waals surface area contributed by atoms with Crippen molar-refractivity contribution in [2.45, 2.75) is 46.1 Å². The van der Waals surface area contributed by atoms with Gasteiger partial charge in [-0.1, -0.05) is 32.4 Å². The van der Waals surface area contributed by atoms with Crippen molar-refractivity contribution < 1.29 is 0 Å². The van der Waals surface area contributed by atoms with Crippen molar-refractivity contribution in [3.05, 3.63) is 29.3 Å². The van der Waals surface area contributed by atoms with E-state index in [9.17, 15) is 0 Å². The number of likely N-dealkylation sites (tertiary alicyclic amines) is 1. The molecule has 2 heterocycles. The number of anilines is 1. The monoisotopic (exact) mass is 258 g/mol. The van der Waals surface area contributed by atoms with Crippen molar-refractivity contribution in [1.82, 2.24) is 4.90 Å². The van der Waals surface area contributed by atoms with E-state index in [1.165, 1.54) is 55.6 Å². The molecular weight excluding hydrogens is 232 g/mol. The van der Waals surface area contributed by atoms with Crippen molar-refractivity contribution in [2.75, 3.05) is 25.0 Å². The zero-order valence-electron chi connectivity index (χ0n) is 12.3. The summed E-state index contributed by atoms with van der Waals surface area (Å²) in [6.45, 7) is 9.55. The smallest absolute Gasteiger partial charge is 0.0373 e. The lowest BCUT2D eigenvalue weighted by atomic mass is 9.78. The summed E-state index contributed by atoms with van der Waals surface area (Å²) in [4.78, 5) is 2.63. The van der Waals surface area contributed by atoms with Crippen molar-refractivity contribution in [3.63, 3.8) is 0 Å². The van der Waals surface area contributed by atoms with Crippen molar-refractivity contribution in [3.8, 4) is 0 Å². The zero-order chi connectivity index (χ0) is 13.3. The standard InChI is InChI=1S/C17H26N2/c1-3-17(2)7-10-19(11-8-17)13-14-4-5-16-15(12-14)6-9-18-16/h4-5,12,18H,3,6-11,13H2,1-2H3. The second-order valence-electron chi connectivity index (χ2n) is 6.61. The van der Waals surface area contributed by atoms with Crippen molar-refractivity contribution in [2.24, 2.45) is 5.41 Å². The molecule has 1 saturated heterocycles. The summed E-state index contributed by atoms with van der Waals surface area (Å²) in [7, 11) is 0. The molecule has 0 unspecified atom stereocenters. The van der Waals surface area contributed by atoms with Gasteiger partial charge in [-0.05, 0) is 55.0 Å². The van der Waals surface area contributed by atoms with Crippen LogP contribution in [0.1, 0.15) is 44.2 Å². The average molecular weight is 258 g/mol. The first-order valence-corrected chi connectivity index (χ1v) is 7.77. The van der Waals surface area contributed by atoms with Crippen LogP contribution in [0.2, 0.25) is 0 Å². The molecule has 0 bridgehead atoms. The maximum absolute atomic E-state index is 3.44. The molecule has 1 N–H and O–H groups in total. The third-order valence-electron chi connectivity index (χ3n) is 5.20. The van der Waals surface area contributed by atoms with E-state index in [0.717, 1.165) is 13.1 Å². The highest BCUT2D eigenvalue weighted by atomic mass is 15.1. The Kier molecular flexibility index (Phi) is 3.53. The van der Waals surface area contributed by atoms with Crippen LogP contribution < -0.4 is 5.32 Å². The van der Waals surface area contributed by atoms with Gasteiger partial charge in [0.25, 0.3) is 0 Å². The number of nitrogens with one attached hydrogen (secondary N) is 1. The van der Waals surface area contributed by atoms with Gasteiger partial charge in [0.1, 0.15) is 0 Å². The average Bonchev–Trinajstić information content (AvgIpc) is 2.89. The van der Waals surface area contributed by atoms with Gasteiger partial charge >= 0.3 is 0 Å². The van der Waals surface area contributed by atoms with Gasteiger partial charge in [-0.25, -0.2) is 0 Å². The first kappa shape index (κ1) is 13.0. The summed E-state index contributed by atoms with van der Waals surface area (Å²) >= 11 is 0. The van der Waals surface area contributed by atoms with Crippen LogP contribution in [0.5, 0.6) is 0 Å². The van der Waals surface area contributed by atoms with Crippen LogP contribution >= 0.6 is 0 Å². The lowest BCUT2D eigenvalue weighted by Gasteiger charge is -2.39. The van der Waals surface area contributed by atoms with Crippen LogP contribution in [0, 0.1) is 5.41 Å². The third kappa shape index (κ3) is 2.79. The van der Waals surface area contributed by atoms with Gasteiger partial charge in [0.15, 0.2) is 0 Å². The van der Waals surface area contributed by atoms with Gasteiger partial charge in [-0.3, -0.25) is 4.90 Å². The van der Waals surface area contributed by atoms with E-state index in [4.69, 9.17) is 0 Å². The highest BCUT2D eigenvalue weighted by Gasteiger charge is 2.28. The third-order valence-corrected chi connectivity index (χ3v) is 5.20. The predicted octanol–water partition coefficient (Wildman–Crippen LogP) is 3.67. The van der Waals surface area contributed by atoms with E-state index >= 15 is 0 Å². The Morgan fingerprint density at radius 3 is 2.79 bits per heavy atom. The number of benzene rings is 1. The predicted molar refractivity (Wildman–Crippen MR) is 81.5 cm³/mol. The molecule has 0 atom stereocenters. The Morgan fingerprint density at radius 2 is 2.05 bits per heavy atom. The first-order chi connectivity index (χ1) is 9.18. The Morgan fingerprint density at radius 1 is 1.26 bits per heavy atom. The molecule has 0 aromatic heterocycles. The first-order valence-electron chi connectivity index (χ1n) is 7.77. The minimum Gasteiger partial charge on any atom is -0.384 e. The maximum atomic E-state index is 3.44. The molecule has 0 amide bonds. The van der Waals surface area contributed by atoms with Crippen molar-refractivity contribution >= 4 is 5.69 Å². The van der Waals surface area contributed by atoms with Crippen LogP contribution in [-0.2, 0) is 13.0 Å². The molecular formula is C17H26N2. The van der Waals surface area contributed by atoms with Gasteiger partial charge in [0.2, 0.25) is 0 Å². The summed E-state index contributed by atoms with van der Waals surface area (Å²) in [5.41, 5.74) is 4.94. The van der Waals surface area contributed by atoms with Gasteiger partial charge in [-0.15, -0.1) is 0 Å². The number of rotatable bonds is 3.